The number of carbonyl (C=O) groups excluding carboxylic acids is 2. The van der Waals surface area contributed by atoms with Gasteiger partial charge < -0.3 is 10.3 Å². The molecular formula is C8H9N3O4. The van der Waals surface area contributed by atoms with Crippen molar-refractivity contribution in [1.82, 2.24) is 9.55 Å². The van der Waals surface area contributed by atoms with Gasteiger partial charge in [-0.15, -0.1) is 0 Å². The van der Waals surface area contributed by atoms with E-state index in [-0.39, 0.29) is 11.4 Å². The molecular weight excluding hydrogens is 202 g/mol. The lowest BCUT2D eigenvalue weighted by molar-refractivity contribution is -0.114. The molecule has 0 unspecified atom stereocenters. The molecule has 1 aromatic heterocycles. The van der Waals surface area contributed by atoms with Gasteiger partial charge in [0, 0.05) is 14.0 Å². The minimum Gasteiger partial charge on any atom is -0.320 e. The molecule has 0 aliphatic carbocycles. The zero-order valence-electron chi connectivity index (χ0n) is 8.16. The molecule has 0 atom stereocenters. The summed E-state index contributed by atoms with van der Waals surface area (Å²) < 4.78 is 0.762. The zero-order chi connectivity index (χ0) is 11.6. The first-order chi connectivity index (χ1) is 6.97. The van der Waals surface area contributed by atoms with E-state index in [2.05, 4.69) is 10.3 Å². The summed E-state index contributed by atoms with van der Waals surface area (Å²) in [5.74, 6) is -0.498. The van der Waals surface area contributed by atoms with E-state index in [9.17, 15) is 19.2 Å². The summed E-state index contributed by atoms with van der Waals surface area (Å²) in [6, 6.07) is 0. The van der Waals surface area contributed by atoms with E-state index in [1.807, 2.05) is 0 Å². The highest BCUT2D eigenvalue weighted by Gasteiger charge is 2.12. The van der Waals surface area contributed by atoms with E-state index >= 15 is 0 Å². The minimum atomic E-state index is -0.726. The van der Waals surface area contributed by atoms with Gasteiger partial charge >= 0.3 is 5.69 Å². The van der Waals surface area contributed by atoms with Crippen molar-refractivity contribution in [2.24, 2.45) is 7.05 Å². The van der Waals surface area contributed by atoms with Gasteiger partial charge in [0.1, 0.15) is 11.4 Å². The molecule has 0 aliphatic rings. The number of carbonyl (C=O) groups is 2. The van der Waals surface area contributed by atoms with Gasteiger partial charge in [-0.3, -0.25) is 19.0 Å². The van der Waals surface area contributed by atoms with Gasteiger partial charge in [-0.2, -0.15) is 0 Å². The van der Waals surface area contributed by atoms with E-state index < -0.39 is 17.2 Å². The second-order valence-corrected chi connectivity index (χ2v) is 2.88. The quantitative estimate of drug-likeness (QED) is 0.602. The van der Waals surface area contributed by atoms with E-state index in [4.69, 9.17) is 0 Å². The molecule has 7 heteroatoms. The summed E-state index contributed by atoms with van der Waals surface area (Å²) in [5, 5.41) is 2.19. The van der Waals surface area contributed by atoms with Crippen LogP contribution in [0.5, 0.6) is 0 Å². The molecule has 2 N–H and O–H groups in total. The summed E-state index contributed by atoms with van der Waals surface area (Å²) in [6.07, 6.45) is 0.300. The Balaban J connectivity index is 3.54. The molecule has 80 valence electrons. The van der Waals surface area contributed by atoms with Crippen molar-refractivity contribution in [1.29, 1.82) is 0 Å². The first-order valence-electron chi connectivity index (χ1n) is 4.03. The van der Waals surface area contributed by atoms with Crippen LogP contribution in [-0.4, -0.2) is 21.7 Å². The molecule has 1 rings (SSSR count). The van der Waals surface area contributed by atoms with Crippen molar-refractivity contribution < 1.29 is 9.59 Å². The minimum absolute atomic E-state index is 0.223. The molecule has 0 saturated heterocycles. The zero-order valence-corrected chi connectivity index (χ0v) is 8.16. The maximum absolute atomic E-state index is 11.5. The van der Waals surface area contributed by atoms with E-state index in [0.29, 0.717) is 6.29 Å². The average Bonchev–Trinajstić information content (AvgIpc) is 2.18. The number of rotatable bonds is 2. The Kier molecular flexibility index (Phi) is 2.84. The normalized spacial score (nSPS) is 9.73. The molecule has 1 heterocycles. The summed E-state index contributed by atoms with van der Waals surface area (Å²) in [5.41, 5.74) is -1.90. The van der Waals surface area contributed by atoms with Crippen LogP contribution < -0.4 is 16.6 Å². The van der Waals surface area contributed by atoms with Crippen molar-refractivity contribution >= 4 is 17.9 Å². The van der Waals surface area contributed by atoms with Gasteiger partial charge in [0.15, 0.2) is 6.29 Å². The predicted molar refractivity (Wildman–Crippen MR) is 52.0 cm³/mol. The maximum atomic E-state index is 11.5. The van der Waals surface area contributed by atoms with Crippen LogP contribution >= 0.6 is 0 Å². The summed E-state index contributed by atoms with van der Waals surface area (Å²) in [7, 11) is 1.24. The van der Waals surface area contributed by atoms with E-state index in [1.54, 1.807) is 0 Å². The van der Waals surface area contributed by atoms with Gasteiger partial charge in [-0.1, -0.05) is 0 Å². The number of aldehydes is 1. The van der Waals surface area contributed by atoms with E-state index in [0.717, 1.165) is 4.57 Å². The SMILES string of the molecule is CC(=O)Nc1c(C=O)[nH]c(=O)n(C)c1=O. The van der Waals surface area contributed by atoms with Crippen LogP contribution in [0, 0.1) is 0 Å². The Hall–Kier alpha value is -2.18. The highest BCUT2D eigenvalue weighted by atomic mass is 16.2. The topological polar surface area (TPSA) is 101 Å². The van der Waals surface area contributed by atoms with E-state index in [1.165, 1.54) is 14.0 Å². The van der Waals surface area contributed by atoms with Crippen molar-refractivity contribution in [2.45, 2.75) is 6.92 Å². The molecule has 0 radical (unpaired) electrons. The number of hydrogen-bond donors (Lipinski definition) is 2. The molecule has 0 bridgehead atoms. The number of anilines is 1. The largest absolute Gasteiger partial charge is 0.328 e. The van der Waals surface area contributed by atoms with Crippen LogP contribution in [0.4, 0.5) is 5.69 Å². The Morgan fingerprint density at radius 1 is 1.47 bits per heavy atom. The van der Waals surface area contributed by atoms with Crippen molar-refractivity contribution in [3.63, 3.8) is 0 Å². The fraction of sp³-hybridized carbons (Fsp3) is 0.250. The lowest BCUT2D eigenvalue weighted by Gasteiger charge is -2.05. The molecule has 0 fully saturated rings. The number of nitrogens with zero attached hydrogens (tertiary/aromatic N) is 1. The monoisotopic (exact) mass is 211 g/mol. The third kappa shape index (κ3) is 2.01. The fourth-order valence-corrected chi connectivity index (χ4v) is 1.02. The van der Waals surface area contributed by atoms with Gasteiger partial charge in [-0.25, -0.2) is 4.79 Å². The fourth-order valence-electron chi connectivity index (χ4n) is 1.02. The third-order valence-electron chi connectivity index (χ3n) is 1.75. The Morgan fingerprint density at radius 3 is 2.53 bits per heavy atom. The molecule has 1 aromatic rings. The third-order valence-corrected chi connectivity index (χ3v) is 1.75. The second-order valence-electron chi connectivity index (χ2n) is 2.88. The highest BCUT2D eigenvalue weighted by molar-refractivity contribution is 5.93. The van der Waals surface area contributed by atoms with Crippen LogP contribution in [0.2, 0.25) is 0 Å². The number of nitrogens with one attached hydrogen (secondary N) is 2. The van der Waals surface area contributed by atoms with Crippen LogP contribution in [-0.2, 0) is 11.8 Å². The van der Waals surface area contributed by atoms with Gasteiger partial charge in [0.2, 0.25) is 5.91 Å². The number of aromatic amines is 1. The first-order valence-corrected chi connectivity index (χ1v) is 4.03. The van der Waals surface area contributed by atoms with Crippen LogP contribution in [0.25, 0.3) is 0 Å². The molecule has 0 saturated carbocycles. The molecule has 0 aromatic carbocycles. The Labute approximate surface area is 83.7 Å². The number of aromatic nitrogens is 2. The summed E-state index contributed by atoms with van der Waals surface area (Å²) in [6.45, 7) is 1.19. The highest BCUT2D eigenvalue weighted by Crippen LogP contribution is 2.00. The Morgan fingerprint density at radius 2 is 2.07 bits per heavy atom. The van der Waals surface area contributed by atoms with Gasteiger partial charge in [0.05, 0.1) is 0 Å². The number of hydrogen-bond acceptors (Lipinski definition) is 4. The smallest absolute Gasteiger partial charge is 0.320 e. The molecule has 1 amide bonds. The summed E-state index contributed by atoms with van der Waals surface area (Å²) >= 11 is 0. The summed E-state index contributed by atoms with van der Waals surface area (Å²) in [4.78, 5) is 46.0. The van der Waals surface area contributed by atoms with Gasteiger partial charge in [0.25, 0.3) is 5.56 Å². The lowest BCUT2D eigenvalue weighted by atomic mass is 10.3. The Bertz CT molecular complexity index is 526. The lowest BCUT2D eigenvalue weighted by Crippen LogP contribution is -2.36. The standard InChI is InChI=1S/C8H9N3O4/c1-4(13)9-6-5(3-12)10-8(15)11(2)7(6)14/h3H,1-2H3,(H,9,13)(H,10,15). The van der Waals surface area contributed by atoms with Crippen molar-refractivity contribution in [2.75, 3.05) is 5.32 Å². The van der Waals surface area contributed by atoms with Crippen molar-refractivity contribution in [3.05, 3.63) is 26.5 Å². The van der Waals surface area contributed by atoms with Gasteiger partial charge in [-0.05, 0) is 0 Å². The van der Waals surface area contributed by atoms with Crippen LogP contribution in [0.15, 0.2) is 9.59 Å². The molecule has 15 heavy (non-hydrogen) atoms. The van der Waals surface area contributed by atoms with Crippen LogP contribution in [0.1, 0.15) is 17.4 Å². The second kappa shape index (κ2) is 3.91. The first kappa shape index (κ1) is 10.9. The maximum Gasteiger partial charge on any atom is 0.328 e. The average molecular weight is 211 g/mol. The molecule has 7 nitrogen and oxygen atoms in total. The number of amides is 1. The molecule has 0 spiro atoms. The molecule has 0 aliphatic heterocycles. The number of H-pyrrole nitrogens is 1. The predicted octanol–water partition coefficient (Wildman–Crippen LogP) is -1.16. The van der Waals surface area contributed by atoms with Crippen LogP contribution in [0.3, 0.4) is 0 Å². The van der Waals surface area contributed by atoms with Crippen molar-refractivity contribution in [3.8, 4) is 0 Å².